The SMILES string of the molecule is CCNC(CCN1CCCC(OC)C1)c1ccccc1F. The van der Waals surface area contributed by atoms with Crippen molar-refractivity contribution in [2.24, 2.45) is 0 Å². The number of ether oxygens (including phenoxy) is 1. The van der Waals surface area contributed by atoms with Crippen LogP contribution in [0, 0.1) is 5.82 Å². The third-order valence-corrected chi connectivity index (χ3v) is 4.26. The molecule has 118 valence electrons. The summed E-state index contributed by atoms with van der Waals surface area (Å²) in [6.07, 6.45) is 3.61. The van der Waals surface area contributed by atoms with E-state index >= 15 is 0 Å². The summed E-state index contributed by atoms with van der Waals surface area (Å²) in [5.41, 5.74) is 0.777. The summed E-state index contributed by atoms with van der Waals surface area (Å²) in [6, 6.07) is 7.16. The fraction of sp³-hybridized carbons (Fsp3) is 0.647. The molecule has 0 aromatic heterocycles. The number of nitrogens with zero attached hydrogens (tertiary/aromatic N) is 1. The summed E-state index contributed by atoms with van der Waals surface area (Å²) in [4.78, 5) is 2.43. The third-order valence-electron chi connectivity index (χ3n) is 4.26. The molecule has 1 aromatic carbocycles. The van der Waals surface area contributed by atoms with E-state index in [2.05, 4.69) is 17.1 Å². The topological polar surface area (TPSA) is 24.5 Å². The number of piperidine rings is 1. The molecule has 0 amide bonds. The van der Waals surface area contributed by atoms with Crippen LogP contribution >= 0.6 is 0 Å². The van der Waals surface area contributed by atoms with E-state index in [-0.39, 0.29) is 11.9 Å². The maximum Gasteiger partial charge on any atom is 0.127 e. The first-order valence-electron chi connectivity index (χ1n) is 7.97. The van der Waals surface area contributed by atoms with Gasteiger partial charge >= 0.3 is 0 Å². The number of rotatable bonds is 7. The van der Waals surface area contributed by atoms with E-state index in [4.69, 9.17) is 4.74 Å². The first-order chi connectivity index (χ1) is 10.2. The van der Waals surface area contributed by atoms with Gasteiger partial charge in [-0.1, -0.05) is 25.1 Å². The number of benzene rings is 1. The van der Waals surface area contributed by atoms with Crippen molar-refractivity contribution in [3.8, 4) is 0 Å². The van der Waals surface area contributed by atoms with Gasteiger partial charge in [0.15, 0.2) is 0 Å². The van der Waals surface area contributed by atoms with E-state index in [1.807, 2.05) is 12.1 Å². The molecule has 2 unspecified atom stereocenters. The molecule has 1 fully saturated rings. The van der Waals surface area contributed by atoms with Crippen molar-refractivity contribution in [1.29, 1.82) is 0 Å². The van der Waals surface area contributed by atoms with E-state index < -0.39 is 0 Å². The van der Waals surface area contributed by atoms with Gasteiger partial charge in [0, 0.05) is 31.8 Å². The number of hydrogen-bond acceptors (Lipinski definition) is 3. The normalized spacial score (nSPS) is 21.4. The monoisotopic (exact) mass is 294 g/mol. The molecule has 21 heavy (non-hydrogen) atoms. The summed E-state index contributed by atoms with van der Waals surface area (Å²) < 4.78 is 19.4. The van der Waals surface area contributed by atoms with E-state index in [1.165, 1.54) is 6.42 Å². The van der Waals surface area contributed by atoms with Gasteiger partial charge in [0.1, 0.15) is 5.82 Å². The summed E-state index contributed by atoms with van der Waals surface area (Å²) in [6.45, 7) is 6.00. The highest BCUT2D eigenvalue weighted by atomic mass is 19.1. The molecular weight excluding hydrogens is 267 g/mol. The predicted molar refractivity (Wildman–Crippen MR) is 83.9 cm³/mol. The molecule has 3 nitrogen and oxygen atoms in total. The zero-order chi connectivity index (χ0) is 15.1. The number of nitrogens with one attached hydrogen (secondary N) is 1. The largest absolute Gasteiger partial charge is 0.380 e. The zero-order valence-electron chi connectivity index (χ0n) is 13.1. The summed E-state index contributed by atoms with van der Waals surface area (Å²) in [5.74, 6) is -0.114. The van der Waals surface area contributed by atoms with Crippen LogP contribution in [0.5, 0.6) is 0 Å². The van der Waals surface area contributed by atoms with Crippen molar-refractivity contribution in [3.05, 3.63) is 35.6 Å². The minimum absolute atomic E-state index is 0.0825. The minimum Gasteiger partial charge on any atom is -0.380 e. The molecule has 1 N–H and O–H groups in total. The lowest BCUT2D eigenvalue weighted by atomic mass is 10.0. The zero-order valence-corrected chi connectivity index (χ0v) is 13.1. The molecule has 0 aliphatic carbocycles. The van der Waals surface area contributed by atoms with Crippen LogP contribution in [0.3, 0.4) is 0 Å². The maximum atomic E-state index is 14.0. The molecule has 1 aliphatic heterocycles. The molecule has 1 aliphatic rings. The van der Waals surface area contributed by atoms with Gasteiger partial charge in [0.05, 0.1) is 6.10 Å². The van der Waals surface area contributed by atoms with Gasteiger partial charge in [-0.3, -0.25) is 0 Å². The fourth-order valence-corrected chi connectivity index (χ4v) is 3.09. The highest BCUT2D eigenvalue weighted by Gasteiger charge is 2.21. The molecule has 1 heterocycles. The predicted octanol–water partition coefficient (Wildman–Crippen LogP) is 2.98. The quantitative estimate of drug-likeness (QED) is 0.837. The Hall–Kier alpha value is -0.970. The van der Waals surface area contributed by atoms with Gasteiger partial charge < -0.3 is 15.0 Å². The van der Waals surface area contributed by atoms with Crippen LogP contribution in [-0.2, 0) is 4.74 Å². The fourth-order valence-electron chi connectivity index (χ4n) is 3.09. The molecule has 0 spiro atoms. The highest BCUT2D eigenvalue weighted by Crippen LogP contribution is 2.21. The smallest absolute Gasteiger partial charge is 0.127 e. The Morgan fingerprint density at radius 1 is 1.43 bits per heavy atom. The van der Waals surface area contributed by atoms with Crippen molar-refractivity contribution >= 4 is 0 Å². The second-order valence-corrected chi connectivity index (χ2v) is 5.72. The van der Waals surface area contributed by atoms with Crippen LogP contribution in [0.25, 0.3) is 0 Å². The highest BCUT2D eigenvalue weighted by molar-refractivity contribution is 5.21. The van der Waals surface area contributed by atoms with Crippen molar-refractivity contribution < 1.29 is 9.13 Å². The Bertz CT molecular complexity index is 427. The average Bonchev–Trinajstić information content (AvgIpc) is 2.52. The molecule has 0 bridgehead atoms. The van der Waals surface area contributed by atoms with Gasteiger partial charge in [-0.25, -0.2) is 4.39 Å². The lowest BCUT2D eigenvalue weighted by molar-refractivity contribution is 0.0301. The first kappa shape index (κ1) is 16.4. The van der Waals surface area contributed by atoms with Crippen molar-refractivity contribution in [2.45, 2.75) is 38.3 Å². The van der Waals surface area contributed by atoms with Gasteiger partial charge in [0.2, 0.25) is 0 Å². The Labute approximate surface area is 127 Å². The van der Waals surface area contributed by atoms with Crippen LogP contribution in [0.15, 0.2) is 24.3 Å². The lowest BCUT2D eigenvalue weighted by Crippen LogP contribution is -2.40. The average molecular weight is 294 g/mol. The Morgan fingerprint density at radius 2 is 2.24 bits per heavy atom. The van der Waals surface area contributed by atoms with Crippen molar-refractivity contribution in [2.75, 3.05) is 33.3 Å². The Balaban J connectivity index is 1.92. The Morgan fingerprint density at radius 3 is 2.95 bits per heavy atom. The summed E-state index contributed by atoms with van der Waals surface area (Å²) in [5, 5.41) is 3.41. The number of likely N-dealkylation sites (tertiary alicyclic amines) is 1. The molecule has 1 aromatic rings. The molecule has 4 heteroatoms. The summed E-state index contributed by atoms with van der Waals surface area (Å²) >= 11 is 0. The van der Waals surface area contributed by atoms with Crippen LogP contribution in [0.2, 0.25) is 0 Å². The van der Waals surface area contributed by atoms with Crippen molar-refractivity contribution in [1.82, 2.24) is 10.2 Å². The van der Waals surface area contributed by atoms with Crippen LogP contribution in [-0.4, -0.2) is 44.3 Å². The van der Waals surface area contributed by atoms with Gasteiger partial charge in [-0.15, -0.1) is 0 Å². The Kier molecular flexibility index (Phi) is 6.61. The molecule has 0 radical (unpaired) electrons. The van der Waals surface area contributed by atoms with Crippen LogP contribution in [0.4, 0.5) is 4.39 Å². The van der Waals surface area contributed by atoms with Crippen molar-refractivity contribution in [3.63, 3.8) is 0 Å². The van der Waals surface area contributed by atoms with Gasteiger partial charge in [0.25, 0.3) is 0 Å². The lowest BCUT2D eigenvalue weighted by Gasteiger charge is -2.33. The second-order valence-electron chi connectivity index (χ2n) is 5.72. The van der Waals surface area contributed by atoms with Gasteiger partial charge in [-0.2, -0.15) is 0 Å². The minimum atomic E-state index is -0.114. The van der Waals surface area contributed by atoms with E-state index in [1.54, 1.807) is 19.2 Å². The second kappa shape index (κ2) is 8.47. The molecule has 1 saturated heterocycles. The maximum absolute atomic E-state index is 14.0. The van der Waals surface area contributed by atoms with Gasteiger partial charge in [-0.05, 0) is 38.4 Å². The summed E-state index contributed by atoms with van der Waals surface area (Å²) in [7, 11) is 1.79. The number of methoxy groups -OCH3 is 1. The van der Waals surface area contributed by atoms with Crippen LogP contribution in [0.1, 0.15) is 37.8 Å². The first-order valence-corrected chi connectivity index (χ1v) is 7.97. The molecule has 2 rings (SSSR count). The third kappa shape index (κ3) is 4.77. The standard InChI is InChI=1S/C17H27FN2O/c1-3-19-17(15-8-4-5-9-16(15)18)10-12-20-11-6-7-14(13-20)21-2/h4-5,8-9,14,17,19H,3,6-7,10-13H2,1-2H3. The van der Waals surface area contributed by atoms with E-state index in [0.29, 0.717) is 6.10 Å². The number of halogens is 1. The molecule has 0 saturated carbocycles. The molecule has 2 atom stereocenters. The molecular formula is C17H27FN2O. The van der Waals surface area contributed by atoms with Crippen LogP contribution < -0.4 is 5.32 Å². The van der Waals surface area contributed by atoms with E-state index in [0.717, 1.165) is 44.6 Å². The number of hydrogen-bond donors (Lipinski definition) is 1. The van der Waals surface area contributed by atoms with E-state index in [9.17, 15) is 4.39 Å².